The highest BCUT2D eigenvalue weighted by Gasteiger charge is 2.22. The molecule has 6 heteroatoms. The molecule has 2 rings (SSSR count). The topological polar surface area (TPSA) is 48.1 Å². The Kier molecular flexibility index (Phi) is 7.72. The lowest BCUT2D eigenvalue weighted by atomic mass is 10.1. The molecule has 1 aromatic carbocycles. The summed E-state index contributed by atoms with van der Waals surface area (Å²) in [6.07, 6.45) is 0.809. The summed E-state index contributed by atoms with van der Waals surface area (Å²) in [7, 11) is 6.09. The Morgan fingerprint density at radius 1 is 1.31 bits per heavy atom. The van der Waals surface area contributed by atoms with E-state index in [2.05, 4.69) is 54.3 Å². The van der Waals surface area contributed by atoms with Crippen LogP contribution in [0.2, 0.25) is 0 Å². The smallest absolute Gasteiger partial charge is 0.317 e. The van der Waals surface area contributed by atoms with Crippen molar-refractivity contribution >= 4 is 6.03 Å². The van der Waals surface area contributed by atoms with Crippen LogP contribution in [-0.2, 0) is 0 Å². The second-order valence-electron chi connectivity index (χ2n) is 7.48. The Morgan fingerprint density at radius 3 is 2.85 bits per heavy atom. The monoisotopic (exact) mass is 362 g/mol. The number of carbonyl (C=O) groups excluding carboxylic acids is 1. The largest absolute Gasteiger partial charge is 0.493 e. The summed E-state index contributed by atoms with van der Waals surface area (Å²) in [5.41, 5.74) is 2.34. The van der Waals surface area contributed by atoms with Crippen LogP contribution in [0.5, 0.6) is 5.75 Å². The number of urea groups is 1. The van der Waals surface area contributed by atoms with Crippen molar-refractivity contribution in [2.45, 2.75) is 26.3 Å². The molecule has 0 aromatic heterocycles. The van der Waals surface area contributed by atoms with Gasteiger partial charge in [-0.1, -0.05) is 12.1 Å². The third kappa shape index (κ3) is 6.18. The maximum absolute atomic E-state index is 12.3. The Bertz CT molecular complexity index is 593. The van der Waals surface area contributed by atoms with Crippen molar-refractivity contribution in [3.8, 4) is 5.75 Å². The summed E-state index contributed by atoms with van der Waals surface area (Å²) in [5, 5.41) is 3.06. The van der Waals surface area contributed by atoms with E-state index >= 15 is 0 Å². The quantitative estimate of drug-likeness (QED) is 0.754. The van der Waals surface area contributed by atoms with E-state index in [1.807, 2.05) is 14.0 Å². The fourth-order valence-electron chi connectivity index (χ4n) is 3.11. The lowest BCUT2D eigenvalue weighted by Crippen LogP contribution is -2.55. The van der Waals surface area contributed by atoms with Gasteiger partial charge in [0.2, 0.25) is 0 Å². The number of nitrogens with zero attached hydrogens (tertiary/aromatic N) is 3. The Morgan fingerprint density at radius 2 is 2.08 bits per heavy atom. The first-order chi connectivity index (χ1) is 12.4. The molecule has 1 saturated heterocycles. The van der Waals surface area contributed by atoms with Crippen molar-refractivity contribution in [3.05, 3.63) is 29.3 Å². The molecule has 1 heterocycles. The van der Waals surface area contributed by atoms with Gasteiger partial charge in [-0.2, -0.15) is 0 Å². The maximum Gasteiger partial charge on any atom is 0.317 e. The number of likely N-dealkylation sites (N-methyl/N-ethyl adjacent to an activating group) is 2. The zero-order chi connectivity index (χ0) is 19.1. The highest BCUT2D eigenvalue weighted by atomic mass is 16.5. The molecule has 26 heavy (non-hydrogen) atoms. The van der Waals surface area contributed by atoms with Crippen LogP contribution in [0, 0.1) is 13.8 Å². The van der Waals surface area contributed by atoms with Crippen LogP contribution in [-0.4, -0.2) is 87.2 Å². The summed E-state index contributed by atoms with van der Waals surface area (Å²) in [4.78, 5) is 18.6. The molecule has 1 atom stereocenters. The van der Waals surface area contributed by atoms with Crippen molar-refractivity contribution in [1.82, 2.24) is 20.0 Å². The molecule has 0 aliphatic carbocycles. The van der Waals surface area contributed by atoms with E-state index in [9.17, 15) is 4.79 Å². The average Bonchev–Trinajstić information content (AvgIpc) is 2.61. The molecule has 1 aliphatic rings. The molecule has 1 aromatic rings. The fraction of sp³-hybridized carbons (Fsp3) is 0.650. The van der Waals surface area contributed by atoms with Gasteiger partial charge < -0.3 is 19.9 Å². The normalized spacial score (nSPS) is 18.6. The summed E-state index contributed by atoms with van der Waals surface area (Å²) in [6, 6.07) is 6.58. The van der Waals surface area contributed by atoms with Gasteiger partial charge in [0.15, 0.2) is 0 Å². The van der Waals surface area contributed by atoms with E-state index in [0.717, 1.165) is 37.4 Å². The average molecular weight is 363 g/mol. The summed E-state index contributed by atoms with van der Waals surface area (Å²) in [5.74, 6) is 0.932. The second kappa shape index (κ2) is 9.78. The molecule has 0 spiro atoms. The van der Waals surface area contributed by atoms with Crippen LogP contribution in [0.1, 0.15) is 17.5 Å². The number of carbonyl (C=O) groups is 1. The SMILES string of the molecule is Cc1ccc(C)c(OCCCN(C)C(=O)NC[C@@H]2CN(C)CCN2C)c1. The van der Waals surface area contributed by atoms with Crippen LogP contribution in [0.15, 0.2) is 18.2 Å². The van der Waals surface area contributed by atoms with E-state index in [0.29, 0.717) is 25.7 Å². The van der Waals surface area contributed by atoms with E-state index in [4.69, 9.17) is 4.74 Å². The first-order valence-corrected chi connectivity index (χ1v) is 9.44. The van der Waals surface area contributed by atoms with Crippen LogP contribution in [0.25, 0.3) is 0 Å². The lowest BCUT2D eigenvalue weighted by Gasteiger charge is -2.37. The predicted octanol–water partition coefficient (Wildman–Crippen LogP) is 1.96. The minimum atomic E-state index is -0.0154. The van der Waals surface area contributed by atoms with Gasteiger partial charge in [-0.15, -0.1) is 0 Å². The van der Waals surface area contributed by atoms with Gasteiger partial charge in [0, 0.05) is 45.8 Å². The Balaban J connectivity index is 1.66. The van der Waals surface area contributed by atoms with Gasteiger partial charge in [-0.25, -0.2) is 4.79 Å². The Labute approximate surface area is 158 Å². The van der Waals surface area contributed by atoms with E-state index in [1.54, 1.807) is 4.90 Å². The summed E-state index contributed by atoms with van der Waals surface area (Å²) < 4.78 is 5.86. The number of hydrogen-bond acceptors (Lipinski definition) is 4. The van der Waals surface area contributed by atoms with Gasteiger partial charge in [0.25, 0.3) is 0 Å². The van der Waals surface area contributed by atoms with Crippen LogP contribution < -0.4 is 10.1 Å². The lowest BCUT2D eigenvalue weighted by molar-refractivity contribution is 0.113. The summed E-state index contributed by atoms with van der Waals surface area (Å²) in [6.45, 7) is 9.20. The molecule has 1 fully saturated rings. The number of hydrogen-bond donors (Lipinski definition) is 1. The van der Waals surface area contributed by atoms with Crippen molar-refractivity contribution < 1.29 is 9.53 Å². The highest BCUT2D eigenvalue weighted by molar-refractivity contribution is 5.73. The first-order valence-electron chi connectivity index (χ1n) is 9.44. The standard InChI is InChI=1S/C20H34N4O2/c1-16-7-8-17(2)19(13-16)26-12-6-9-24(5)20(25)21-14-18-15-22(3)10-11-23(18)4/h7-8,13,18H,6,9-12,14-15H2,1-5H3,(H,21,25)/t18-/m1/s1. The third-order valence-electron chi connectivity index (χ3n) is 5.05. The number of aryl methyl sites for hydroxylation is 2. The number of nitrogens with one attached hydrogen (secondary N) is 1. The van der Waals surface area contributed by atoms with Crippen molar-refractivity contribution in [2.75, 3.05) is 60.5 Å². The van der Waals surface area contributed by atoms with Crippen molar-refractivity contribution in [1.29, 1.82) is 0 Å². The molecule has 6 nitrogen and oxygen atoms in total. The number of piperazine rings is 1. The zero-order valence-corrected chi connectivity index (χ0v) is 16.9. The molecular formula is C20H34N4O2. The molecule has 1 N–H and O–H groups in total. The molecule has 0 radical (unpaired) electrons. The predicted molar refractivity (Wildman–Crippen MR) is 106 cm³/mol. The van der Waals surface area contributed by atoms with Crippen molar-refractivity contribution in [3.63, 3.8) is 0 Å². The minimum Gasteiger partial charge on any atom is -0.493 e. The molecule has 0 bridgehead atoms. The van der Waals surface area contributed by atoms with Gasteiger partial charge in [-0.3, -0.25) is 4.90 Å². The van der Waals surface area contributed by atoms with Crippen molar-refractivity contribution in [2.24, 2.45) is 0 Å². The molecule has 1 aliphatic heterocycles. The van der Waals surface area contributed by atoms with Gasteiger partial charge in [-0.05, 0) is 51.6 Å². The fourth-order valence-corrected chi connectivity index (χ4v) is 3.11. The molecule has 0 saturated carbocycles. The number of amides is 2. The van der Waals surface area contributed by atoms with E-state index in [-0.39, 0.29) is 6.03 Å². The van der Waals surface area contributed by atoms with Gasteiger partial charge >= 0.3 is 6.03 Å². The summed E-state index contributed by atoms with van der Waals surface area (Å²) >= 11 is 0. The number of ether oxygens (including phenoxy) is 1. The van der Waals surface area contributed by atoms with Crippen LogP contribution >= 0.6 is 0 Å². The molecule has 2 amide bonds. The maximum atomic E-state index is 12.3. The van der Waals surface area contributed by atoms with E-state index in [1.165, 1.54) is 5.56 Å². The molecule has 0 unspecified atom stereocenters. The number of benzene rings is 1. The minimum absolute atomic E-state index is 0.0154. The van der Waals surface area contributed by atoms with Gasteiger partial charge in [0.05, 0.1) is 6.61 Å². The molecule has 146 valence electrons. The first kappa shape index (κ1) is 20.5. The highest BCUT2D eigenvalue weighted by Crippen LogP contribution is 2.19. The zero-order valence-electron chi connectivity index (χ0n) is 16.9. The third-order valence-corrected chi connectivity index (χ3v) is 5.05. The number of rotatable bonds is 7. The Hall–Kier alpha value is -1.79. The second-order valence-corrected chi connectivity index (χ2v) is 7.48. The van der Waals surface area contributed by atoms with Crippen LogP contribution in [0.3, 0.4) is 0 Å². The van der Waals surface area contributed by atoms with Crippen LogP contribution in [0.4, 0.5) is 4.79 Å². The van der Waals surface area contributed by atoms with E-state index < -0.39 is 0 Å². The van der Waals surface area contributed by atoms with Gasteiger partial charge in [0.1, 0.15) is 5.75 Å². The molecular weight excluding hydrogens is 328 g/mol.